The van der Waals surface area contributed by atoms with Crippen LogP contribution in [0, 0.1) is 0 Å². The van der Waals surface area contributed by atoms with Crippen molar-refractivity contribution in [3.8, 4) is 0 Å². The maximum absolute atomic E-state index is 12.2. The molecule has 0 aliphatic carbocycles. The molecular formula is C21H19NO5. The van der Waals surface area contributed by atoms with Crippen LogP contribution < -0.4 is 4.90 Å². The number of likely N-dealkylation sites (N-methyl/N-ethyl adjacent to an activating group) is 1. The monoisotopic (exact) mass is 365 g/mol. The number of carbonyl (C=O) groups excluding carboxylic acids is 4. The van der Waals surface area contributed by atoms with Crippen molar-refractivity contribution < 1.29 is 23.9 Å². The van der Waals surface area contributed by atoms with Crippen molar-refractivity contribution >= 4 is 29.1 Å². The first-order valence-electron chi connectivity index (χ1n) is 8.62. The topological polar surface area (TPSA) is 80.8 Å². The highest BCUT2D eigenvalue weighted by Gasteiger charge is 2.25. The average molecular weight is 365 g/mol. The van der Waals surface area contributed by atoms with E-state index in [1.165, 1.54) is 0 Å². The molecule has 138 valence electrons. The Labute approximate surface area is 156 Å². The van der Waals surface area contributed by atoms with Crippen LogP contribution in [0.15, 0.2) is 48.5 Å². The lowest BCUT2D eigenvalue weighted by Gasteiger charge is -2.10. The number of amides is 1. The maximum Gasteiger partial charge on any atom is 0.306 e. The van der Waals surface area contributed by atoms with E-state index in [0.717, 1.165) is 11.3 Å². The smallest absolute Gasteiger partial charge is 0.306 e. The second-order valence-electron chi connectivity index (χ2n) is 6.35. The molecule has 0 N–H and O–H groups in total. The van der Waals surface area contributed by atoms with Gasteiger partial charge in [-0.25, -0.2) is 0 Å². The van der Waals surface area contributed by atoms with Crippen molar-refractivity contribution in [3.05, 3.63) is 65.2 Å². The third-order valence-corrected chi connectivity index (χ3v) is 4.49. The molecule has 0 unspecified atom stereocenters. The van der Waals surface area contributed by atoms with Gasteiger partial charge < -0.3 is 9.64 Å². The summed E-state index contributed by atoms with van der Waals surface area (Å²) >= 11 is 0. The van der Waals surface area contributed by atoms with Crippen LogP contribution in [0.25, 0.3) is 0 Å². The molecule has 2 aromatic rings. The largest absolute Gasteiger partial charge is 0.457 e. The first-order valence-corrected chi connectivity index (χ1v) is 8.62. The number of Topliss-reactive ketones (excluding diaryl/α,β-unsaturated/α-hetero) is 2. The van der Waals surface area contributed by atoms with E-state index in [-0.39, 0.29) is 43.3 Å². The minimum absolute atomic E-state index is 0.0240. The Kier molecular flexibility index (Phi) is 5.45. The normalized spacial score (nSPS) is 12.6. The summed E-state index contributed by atoms with van der Waals surface area (Å²) in [5.41, 5.74) is 2.50. The zero-order chi connectivity index (χ0) is 19.4. The Balaban J connectivity index is 1.49. The number of ether oxygens (including phenoxy) is 1. The minimum Gasteiger partial charge on any atom is -0.457 e. The fraction of sp³-hybridized carbons (Fsp3) is 0.238. The van der Waals surface area contributed by atoms with Crippen LogP contribution in [0.5, 0.6) is 0 Å². The van der Waals surface area contributed by atoms with Gasteiger partial charge >= 0.3 is 5.97 Å². The second-order valence-corrected chi connectivity index (χ2v) is 6.35. The molecule has 1 heterocycles. The summed E-state index contributed by atoms with van der Waals surface area (Å²) in [7, 11) is 1.69. The molecule has 2 aromatic carbocycles. The van der Waals surface area contributed by atoms with Gasteiger partial charge in [-0.15, -0.1) is 0 Å². The molecule has 0 atom stereocenters. The van der Waals surface area contributed by atoms with Crippen molar-refractivity contribution in [2.75, 3.05) is 18.6 Å². The van der Waals surface area contributed by atoms with Gasteiger partial charge in [-0.2, -0.15) is 0 Å². The number of fused-ring (bicyclic) bond motifs is 1. The Morgan fingerprint density at radius 3 is 2.44 bits per heavy atom. The summed E-state index contributed by atoms with van der Waals surface area (Å²) < 4.78 is 4.99. The SMILES string of the molecule is CN1C(=O)Cc2cc(C(=O)COC(=O)CCC(=O)c3ccccc3)ccc21. The number of benzene rings is 2. The molecule has 0 saturated heterocycles. The molecule has 0 fully saturated rings. The van der Waals surface area contributed by atoms with E-state index in [1.807, 2.05) is 6.07 Å². The quantitative estimate of drug-likeness (QED) is 0.556. The predicted octanol–water partition coefficient (Wildman–Crippen LogP) is 2.59. The van der Waals surface area contributed by atoms with E-state index in [9.17, 15) is 19.2 Å². The van der Waals surface area contributed by atoms with Crippen molar-refractivity contribution in [3.63, 3.8) is 0 Å². The van der Waals surface area contributed by atoms with Crippen LogP contribution in [0.3, 0.4) is 0 Å². The summed E-state index contributed by atoms with van der Waals surface area (Å²) in [5, 5.41) is 0. The third-order valence-electron chi connectivity index (χ3n) is 4.49. The number of hydrogen-bond donors (Lipinski definition) is 0. The van der Waals surface area contributed by atoms with Gasteiger partial charge in [0.15, 0.2) is 18.2 Å². The fourth-order valence-electron chi connectivity index (χ4n) is 2.93. The molecular weight excluding hydrogens is 346 g/mol. The molecule has 6 nitrogen and oxygen atoms in total. The molecule has 0 aromatic heterocycles. The maximum atomic E-state index is 12.2. The number of anilines is 1. The Morgan fingerprint density at radius 2 is 1.70 bits per heavy atom. The number of esters is 1. The van der Waals surface area contributed by atoms with E-state index in [4.69, 9.17) is 4.74 Å². The van der Waals surface area contributed by atoms with Gasteiger partial charge in [0, 0.05) is 30.3 Å². The van der Waals surface area contributed by atoms with Crippen molar-refractivity contribution in [2.24, 2.45) is 0 Å². The number of carbonyl (C=O) groups is 4. The van der Waals surface area contributed by atoms with Crippen LogP contribution in [-0.4, -0.2) is 37.1 Å². The molecule has 0 radical (unpaired) electrons. The van der Waals surface area contributed by atoms with Crippen molar-refractivity contribution in [1.29, 1.82) is 0 Å². The minimum atomic E-state index is -0.594. The lowest BCUT2D eigenvalue weighted by molar-refractivity contribution is -0.142. The molecule has 27 heavy (non-hydrogen) atoms. The molecule has 0 bridgehead atoms. The van der Waals surface area contributed by atoms with E-state index in [1.54, 1.807) is 54.4 Å². The van der Waals surface area contributed by atoms with Gasteiger partial charge in [0.25, 0.3) is 0 Å². The van der Waals surface area contributed by atoms with Crippen LogP contribution >= 0.6 is 0 Å². The van der Waals surface area contributed by atoms with Crippen molar-refractivity contribution in [1.82, 2.24) is 0 Å². The Morgan fingerprint density at radius 1 is 0.963 bits per heavy atom. The van der Waals surface area contributed by atoms with Gasteiger partial charge in [0.2, 0.25) is 5.91 Å². The predicted molar refractivity (Wildman–Crippen MR) is 98.9 cm³/mol. The van der Waals surface area contributed by atoms with Crippen LogP contribution in [-0.2, 0) is 20.7 Å². The van der Waals surface area contributed by atoms with Crippen LogP contribution in [0.4, 0.5) is 5.69 Å². The number of ketones is 2. The molecule has 3 rings (SSSR count). The second kappa shape index (κ2) is 7.95. The van der Waals surface area contributed by atoms with E-state index in [2.05, 4.69) is 0 Å². The molecule has 0 saturated carbocycles. The fourth-order valence-corrected chi connectivity index (χ4v) is 2.93. The first-order chi connectivity index (χ1) is 13.0. The third kappa shape index (κ3) is 4.28. The van der Waals surface area contributed by atoms with E-state index >= 15 is 0 Å². The van der Waals surface area contributed by atoms with Gasteiger partial charge in [0.05, 0.1) is 12.8 Å². The average Bonchev–Trinajstić information content (AvgIpc) is 2.98. The number of hydrogen-bond acceptors (Lipinski definition) is 5. The Bertz CT molecular complexity index is 904. The first kappa shape index (κ1) is 18.5. The number of rotatable bonds is 7. The zero-order valence-electron chi connectivity index (χ0n) is 14.9. The Hall–Kier alpha value is -3.28. The summed E-state index contributed by atoms with van der Waals surface area (Å²) in [5.74, 6) is -1.11. The molecule has 0 spiro atoms. The zero-order valence-corrected chi connectivity index (χ0v) is 14.9. The van der Waals surface area contributed by atoms with Crippen LogP contribution in [0.1, 0.15) is 39.1 Å². The molecule has 1 aliphatic rings. The summed E-state index contributed by atoms with van der Waals surface area (Å²) in [6.45, 7) is -0.388. The van der Waals surface area contributed by atoms with Gasteiger partial charge in [-0.05, 0) is 23.8 Å². The highest BCUT2D eigenvalue weighted by Crippen LogP contribution is 2.28. The molecule has 1 amide bonds. The standard InChI is InChI=1S/C21H19NO5/c1-22-17-8-7-15(11-16(17)12-20(22)25)19(24)13-27-21(26)10-9-18(23)14-5-3-2-4-6-14/h2-8,11H,9-10,12-13H2,1H3. The highest BCUT2D eigenvalue weighted by atomic mass is 16.5. The molecule has 1 aliphatic heterocycles. The molecule has 6 heteroatoms. The van der Waals surface area contributed by atoms with E-state index < -0.39 is 5.97 Å². The van der Waals surface area contributed by atoms with Gasteiger partial charge in [0.1, 0.15) is 0 Å². The van der Waals surface area contributed by atoms with Gasteiger partial charge in [-0.3, -0.25) is 19.2 Å². The summed E-state index contributed by atoms with van der Waals surface area (Å²) in [6, 6.07) is 13.7. The summed E-state index contributed by atoms with van der Waals surface area (Å²) in [4.78, 5) is 49.3. The lowest BCUT2D eigenvalue weighted by Crippen LogP contribution is -2.20. The highest BCUT2D eigenvalue weighted by molar-refractivity contribution is 6.04. The van der Waals surface area contributed by atoms with Crippen molar-refractivity contribution in [2.45, 2.75) is 19.3 Å². The van der Waals surface area contributed by atoms with Gasteiger partial charge in [-0.1, -0.05) is 30.3 Å². The summed E-state index contributed by atoms with van der Waals surface area (Å²) in [6.07, 6.45) is 0.211. The van der Waals surface area contributed by atoms with E-state index in [0.29, 0.717) is 11.1 Å². The van der Waals surface area contributed by atoms with Crippen LogP contribution in [0.2, 0.25) is 0 Å². The number of nitrogens with zero attached hydrogens (tertiary/aromatic N) is 1. The lowest BCUT2D eigenvalue weighted by atomic mass is 10.1.